The van der Waals surface area contributed by atoms with Crippen LogP contribution in [0.5, 0.6) is 5.75 Å². The van der Waals surface area contributed by atoms with Gasteiger partial charge in [-0.05, 0) is 31.0 Å². The second-order valence-corrected chi connectivity index (χ2v) is 7.20. The molecule has 0 spiro atoms. The third kappa shape index (κ3) is 3.90. The Morgan fingerprint density at radius 2 is 1.74 bits per heavy atom. The number of anilines is 1. The molecule has 1 aromatic carbocycles. The number of hydrogen-bond acceptors (Lipinski definition) is 5. The van der Waals surface area contributed by atoms with Crippen LogP contribution in [0.15, 0.2) is 18.2 Å². The van der Waals surface area contributed by atoms with Gasteiger partial charge in [-0.2, -0.15) is 0 Å². The summed E-state index contributed by atoms with van der Waals surface area (Å²) in [6, 6.07) is 5.10. The normalized spacial score (nSPS) is 20.1. The molecule has 1 N–H and O–H groups in total. The van der Waals surface area contributed by atoms with Crippen LogP contribution < -0.4 is 10.1 Å². The maximum atomic E-state index is 12.8. The average molecular weight is 372 g/mol. The number of benzene rings is 1. The average Bonchev–Trinajstić information content (AvgIpc) is 3.22. The highest BCUT2D eigenvalue weighted by atomic mass is 16.5. The second kappa shape index (κ2) is 7.56. The number of nitrogens with one attached hydrogen (secondary N) is 1. The SMILES string of the molecule is O=C1COc2ccc(C(=O)N3CCN(CC(=O)N4CCCC4)CC3)cc2N1. The predicted octanol–water partition coefficient (Wildman–Crippen LogP) is 0.398. The Labute approximate surface area is 158 Å². The summed E-state index contributed by atoms with van der Waals surface area (Å²) in [7, 11) is 0. The maximum Gasteiger partial charge on any atom is 0.262 e. The van der Waals surface area contributed by atoms with E-state index in [1.54, 1.807) is 23.1 Å². The second-order valence-electron chi connectivity index (χ2n) is 7.20. The van der Waals surface area contributed by atoms with E-state index < -0.39 is 0 Å². The van der Waals surface area contributed by atoms with Crippen LogP contribution in [-0.4, -0.2) is 84.8 Å². The van der Waals surface area contributed by atoms with Crippen molar-refractivity contribution in [3.63, 3.8) is 0 Å². The van der Waals surface area contributed by atoms with Gasteiger partial charge < -0.3 is 19.9 Å². The van der Waals surface area contributed by atoms with Gasteiger partial charge in [0.15, 0.2) is 6.61 Å². The molecule has 0 aromatic heterocycles. The molecule has 3 heterocycles. The van der Waals surface area contributed by atoms with Gasteiger partial charge in [-0.15, -0.1) is 0 Å². The zero-order chi connectivity index (χ0) is 18.8. The number of rotatable bonds is 3. The summed E-state index contributed by atoms with van der Waals surface area (Å²) in [5, 5.41) is 2.73. The molecule has 27 heavy (non-hydrogen) atoms. The summed E-state index contributed by atoms with van der Waals surface area (Å²) in [6.07, 6.45) is 2.20. The molecule has 3 aliphatic rings. The summed E-state index contributed by atoms with van der Waals surface area (Å²) in [5.41, 5.74) is 1.06. The number of amides is 3. The summed E-state index contributed by atoms with van der Waals surface area (Å²) in [4.78, 5) is 42.4. The smallest absolute Gasteiger partial charge is 0.262 e. The van der Waals surface area contributed by atoms with Gasteiger partial charge in [0.2, 0.25) is 5.91 Å². The van der Waals surface area contributed by atoms with Gasteiger partial charge in [0, 0.05) is 44.8 Å². The van der Waals surface area contributed by atoms with Crippen molar-refractivity contribution in [2.24, 2.45) is 0 Å². The van der Waals surface area contributed by atoms with Crippen LogP contribution in [0.1, 0.15) is 23.2 Å². The van der Waals surface area contributed by atoms with E-state index in [4.69, 9.17) is 4.74 Å². The van der Waals surface area contributed by atoms with Crippen LogP contribution in [0.4, 0.5) is 5.69 Å². The largest absolute Gasteiger partial charge is 0.482 e. The standard InChI is InChI=1S/C19H24N4O4/c24-17-13-27-16-4-3-14(11-15(16)20-17)19(26)23-9-7-21(8-10-23)12-18(25)22-5-1-2-6-22/h3-4,11H,1-2,5-10,12-13H2,(H,20,24). The first kappa shape index (κ1) is 17.8. The zero-order valence-electron chi connectivity index (χ0n) is 15.3. The minimum atomic E-state index is -0.219. The minimum absolute atomic E-state index is 0.00159. The van der Waals surface area contributed by atoms with Crippen molar-refractivity contribution in [2.45, 2.75) is 12.8 Å². The fourth-order valence-electron chi connectivity index (χ4n) is 3.77. The molecule has 4 rings (SSSR count). The first-order valence-corrected chi connectivity index (χ1v) is 9.46. The lowest BCUT2D eigenvalue weighted by Gasteiger charge is -2.35. The Bertz CT molecular complexity index is 752. The van der Waals surface area contributed by atoms with Crippen molar-refractivity contribution >= 4 is 23.4 Å². The Balaban J connectivity index is 1.33. The summed E-state index contributed by atoms with van der Waals surface area (Å²) >= 11 is 0. The Morgan fingerprint density at radius 3 is 2.48 bits per heavy atom. The molecule has 0 unspecified atom stereocenters. The van der Waals surface area contributed by atoms with E-state index in [0.29, 0.717) is 49.7 Å². The number of hydrogen-bond donors (Lipinski definition) is 1. The number of likely N-dealkylation sites (tertiary alicyclic amines) is 1. The van der Waals surface area contributed by atoms with E-state index >= 15 is 0 Å². The summed E-state index contributed by atoms with van der Waals surface area (Å²) < 4.78 is 5.33. The highest BCUT2D eigenvalue weighted by Crippen LogP contribution is 2.29. The van der Waals surface area contributed by atoms with Gasteiger partial charge in [0.25, 0.3) is 11.8 Å². The maximum absolute atomic E-state index is 12.8. The molecule has 2 saturated heterocycles. The fraction of sp³-hybridized carbons (Fsp3) is 0.526. The number of nitrogens with zero attached hydrogens (tertiary/aromatic N) is 3. The van der Waals surface area contributed by atoms with Crippen molar-refractivity contribution < 1.29 is 19.1 Å². The van der Waals surface area contributed by atoms with E-state index in [1.807, 2.05) is 4.90 Å². The highest BCUT2D eigenvalue weighted by Gasteiger charge is 2.26. The van der Waals surface area contributed by atoms with Crippen LogP contribution >= 0.6 is 0 Å². The quantitative estimate of drug-likeness (QED) is 0.831. The van der Waals surface area contributed by atoms with Crippen molar-refractivity contribution in [3.8, 4) is 5.75 Å². The first-order valence-electron chi connectivity index (χ1n) is 9.46. The van der Waals surface area contributed by atoms with Crippen molar-refractivity contribution in [2.75, 3.05) is 57.7 Å². The van der Waals surface area contributed by atoms with Crippen molar-refractivity contribution in [1.82, 2.24) is 14.7 Å². The lowest BCUT2D eigenvalue weighted by molar-refractivity contribution is -0.131. The van der Waals surface area contributed by atoms with Gasteiger partial charge in [-0.25, -0.2) is 0 Å². The molecule has 0 saturated carbocycles. The monoisotopic (exact) mass is 372 g/mol. The summed E-state index contributed by atoms with van der Waals surface area (Å²) in [6.45, 7) is 4.73. The number of carbonyl (C=O) groups is 3. The number of ether oxygens (including phenoxy) is 1. The van der Waals surface area contributed by atoms with Crippen LogP contribution in [0, 0.1) is 0 Å². The van der Waals surface area contributed by atoms with E-state index in [9.17, 15) is 14.4 Å². The molecule has 1 aromatic rings. The molecule has 0 aliphatic carbocycles. The van der Waals surface area contributed by atoms with Crippen molar-refractivity contribution in [1.29, 1.82) is 0 Å². The molecule has 8 nitrogen and oxygen atoms in total. The first-order chi connectivity index (χ1) is 13.1. The molecule has 0 radical (unpaired) electrons. The summed E-state index contributed by atoms with van der Waals surface area (Å²) in [5.74, 6) is 0.487. The Morgan fingerprint density at radius 1 is 1.00 bits per heavy atom. The molecule has 8 heteroatoms. The van der Waals surface area contributed by atoms with Gasteiger partial charge in [-0.3, -0.25) is 19.3 Å². The number of piperazine rings is 1. The molecule has 3 amide bonds. The topological polar surface area (TPSA) is 82.2 Å². The third-order valence-electron chi connectivity index (χ3n) is 5.34. The zero-order valence-corrected chi connectivity index (χ0v) is 15.3. The van der Waals surface area contributed by atoms with Gasteiger partial charge >= 0.3 is 0 Å². The predicted molar refractivity (Wildman–Crippen MR) is 98.7 cm³/mol. The molecular formula is C19H24N4O4. The van der Waals surface area contributed by atoms with Gasteiger partial charge in [0.1, 0.15) is 5.75 Å². The molecule has 3 aliphatic heterocycles. The van der Waals surface area contributed by atoms with Gasteiger partial charge in [-0.1, -0.05) is 0 Å². The van der Waals surface area contributed by atoms with Crippen LogP contribution in [0.3, 0.4) is 0 Å². The highest BCUT2D eigenvalue weighted by molar-refractivity contribution is 5.99. The van der Waals surface area contributed by atoms with E-state index in [-0.39, 0.29) is 24.3 Å². The molecular weight excluding hydrogens is 348 g/mol. The van der Waals surface area contributed by atoms with E-state index in [0.717, 1.165) is 25.9 Å². The lowest BCUT2D eigenvalue weighted by Crippen LogP contribution is -2.51. The minimum Gasteiger partial charge on any atom is -0.482 e. The fourth-order valence-corrected chi connectivity index (χ4v) is 3.77. The number of fused-ring (bicyclic) bond motifs is 1. The van der Waals surface area contributed by atoms with Crippen LogP contribution in [-0.2, 0) is 9.59 Å². The molecule has 0 atom stereocenters. The van der Waals surface area contributed by atoms with Crippen molar-refractivity contribution in [3.05, 3.63) is 23.8 Å². The number of carbonyl (C=O) groups excluding carboxylic acids is 3. The van der Waals surface area contributed by atoms with Gasteiger partial charge in [0.05, 0.1) is 12.2 Å². The molecule has 0 bridgehead atoms. The van der Waals surface area contributed by atoms with Crippen LogP contribution in [0.2, 0.25) is 0 Å². The molecule has 2 fully saturated rings. The third-order valence-corrected chi connectivity index (χ3v) is 5.34. The molecule has 144 valence electrons. The van der Waals surface area contributed by atoms with Crippen LogP contribution in [0.25, 0.3) is 0 Å². The Hall–Kier alpha value is -2.61. The Kier molecular flexibility index (Phi) is 4.98. The lowest BCUT2D eigenvalue weighted by atomic mass is 10.1. The van der Waals surface area contributed by atoms with E-state index in [1.165, 1.54) is 0 Å². The van der Waals surface area contributed by atoms with E-state index in [2.05, 4.69) is 10.2 Å².